The number of hydrogen-bond donors (Lipinski definition) is 0. The molecule has 1 amide bonds. The maximum absolute atomic E-state index is 12.3. The van der Waals surface area contributed by atoms with Crippen LogP contribution in [-0.2, 0) is 4.79 Å². The van der Waals surface area contributed by atoms with E-state index in [1.54, 1.807) is 12.5 Å². The molecule has 2 aromatic heterocycles. The zero-order valence-electron chi connectivity index (χ0n) is 13.0. The van der Waals surface area contributed by atoms with Crippen molar-refractivity contribution < 1.29 is 13.6 Å². The van der Waals surface area contributed by atoms with Gasteiger partial charge in [0.1, 0.15) is 23.4 Å². The molecule has 1 aliphatic heterocycles. The fourth-order valence-corrected chi connectivity index (χ4v) is 3.67. The standard InChI is InChI=1S/C18H17ClN2O3/c19-11-16(22)21-18(15-7-3-9-24-15)14-6-1-4-12(17(14)20-21)10-13-5-2-8-23-13/h2-3,5,7-10,14,18H,1,4,6,11H2/b12-10-/t14-,18+/m1/s1. The van der Waals surface area contributed by atoms with Crippen LogP contribution in [0.25, 0.3) is 6.08 Å². The maximum Gasteiger partial charge on any atom is 0.258 e. The van der Waals surface area contributed by atoms with Gasteiger partial charge in [0.2, 0.25) is 0 Å². The van der Waals surface area contributed by atoms with Crippen LogP contribution in [0.1, 0.15) is 36.8 Å². The number of rotatable bonds is 3. The summed E-state index contributed by atoms with van der Waals surface area (Å²) in [4.78, 5) is 12.3. The third-order valence-electron chi connectivity index (χ3n) is 4.57. The molecule has 1 aliphatic carbocycles. The molecular weight excluding hydrogens is 328 g/mol. The summed E-state index contributed by atoms with van der Waals surface area (Å²) in [7, 11) is 0. The molecule has 0 aromatic carbocycles. The largest absolute Gasteiger partial charge is 0.467 e. The number of halogens is 1. The lowest BCUT2D eigenvalue weighted by Gasteiger charge is -2.27. The SMILES string of the molecule is O=C(CCl)N1N=C2/C(=C\c3ccco3)CCC[C@H]2[C@H]1c1ccco1. The van der Waals surface area contributed by atoms with E-state index in [9.17, 15) is 4.79 Å². The van der Waals surface area contributed by atoms with Gasteiger partial charge in [-0.3, -0.25) is 4.79 Å². The van der Waals surface area contributed by atoms with Gasteiger partial charge in [-0.05, 0) is 55.2 Å². The summed E-state index contributed by atoms with van der Waals surface area (Å²) in [5, 5.41) is 6.12. The van der Waals surface area contributed by atoms with E-state index in [1.165, 1.54) is 5.01 Å². The van der Waals surface area contributed by atoms with E-state index in [-0.39, 0.29) is 23.7 Å². The lowest BCUT2D eigenvalue weighted by atomic mass is 9.79. The highest BCUT2D eigenvalue weighted by Crippen LogP contribution is 2.44. The molecule has 0 bridgehead atoms. The summed E-state index contributed by atoms with van der Waals surface area (Å²) in [5.74, 6) is 1.36. The highest BCUT2D eigenvalue weighted by molar-refractivity contribution is 6.27. The Morgan fingerprint density at radius 1 is 1.33 bits per heavy atom. The second-order valence-corrected chi connectivity index (χ2v) is 6.27. The van der Waals surface area contributed by atoms with E-state index in [0.29, 0.717) is 0 Å². The Labute approximate surface area is 144 Å². The monoisotopic (exact) mass is 344 g/mol. The molecule has 0 radical (unpaired) electrons. The van der Waals surface area contributed by atoms with Crippen LogP contribution in [0.4, 0.5) is 0 Å². The summed E-state index contributed by atoms with van der Waals surface area (Å²) in [5.41, 5.74) is 2.06. The van der Waals surface area contributed by atoms with Crippen LogP contribution in [0.15, 0.2) is 56.3 Å². The van der Waals surface area contributed by atoms with Gasteiger partial charge in [0.15, 0.2) is 0 Å². The van der Waals surface area contributed by atoms with Gasteiger partial charge >= 0.3 is 0 Å². The Kier molecular flexibility index (Phi) is 4.02. The van der Waals surface area contributed by atoms with Gasteiger partial charge in [-0.1, -0.05) is 0 Å². The maximum atomic E-state index is 12.3. The summed E-state index contributed by atoms with van der Waals surface area (Å²) in [6.45, 7) is 0. The number of carbonyl (C=O) groups is 1. The first-order valence-electron chi connectivity index (χ1n) is 8.02. The number of nitrogens with zero attached hydrogens (tertiary/aromatic N) is 2. The predicted molar refractivity (Wildman–Crippen MR) is 90.5 cm³/mol. The predicted octanol–water partition coefficient (Wildman–Crippen LogP) is 4.23. The Bertz CT molecular complexity index is 777. The normalized spacial score (nSPS) is 25.0. The zero-order valence-corrected chi connectivity index (χ0v) is 13.8. The van der Waals surface area contributed by atoms with Gasteiger partial charge < -0.3 is 8.83 Å². The fraction of sp³-hybridized carbons (Fsp3) is 0.333. The number of fused-ring (bicyclic) bond motifs is 1. The first-order chi connectivity index (χ1) is 11.8. The van der Waals surface area contributed by atoms with Crippen LogP contribution in [0.3, 0.4) is 0 Å². The average Bonchev–Trinajstić information content (AvgIpc) is 3.33. The molecule has 0 saturated heterocycles. The first kappa shape index (κ1) is 15.3. The molecule has 6 heteroatoms. The molecule has 3 heterocycles. The van der Waals surface area contributed by atoms with Crippen LogP contribution in [0.2, 0.25) is 0 Å². The van der Waals surface area contributed by atoms with Crippen molar-refractivity contribution in [2.24, 2.45) is 11.0 Å². The van der Waals surface area contributed by atoms with Crippen LogP contribution >= 0.6 is 11.6 Å². The third-order valence-corrected chi connectivity index (χ3v) is 4.79. The van der Waals surface area contributed by atoms with Crippen LogP contribution in [0.5, 0.6) is 0 Å². The van der Waals surface area contributed by atoms with Gasteiger partial charge in [-0.25, -0.2) is 5.01 Å². The molecule has 0 unspecified atom stereocenters. The Hall–Kier alpha value is -2.27. The molecule has 2 aliphatic rings. The van der Waals surface area contributed by atoms with Gasteiger partial charge in [0, 0.05) is 5.92 Å². The molecule has 2 atom stereocenters. The lowest BCUT2D eigenvalue weighted by molar-refractivity contribution is -0.131. The first-order valence-corrected chi connectivity index (χ1v) is 8.56. The summed E-state index contributed by atoms with van der Waals surface area (Å²) in [6, 6.07) is 7.28. The number of amides is 1. The Balaban J connectivity index is 1.74. The van der Waals surface area contributed by atoms with E-state index >= 15 is 0 Å². The van der Waals surface area contributed by atoms with Crippen molar-refractivity contribution in [1.82, 2.24) is 5.01 Å². The van der Waals surface area contributed by atoms with E-state index in [1.807, 2.05) is 30.3 Å². The Morgan fingerprint density at radius 3 is 2.88 bits per heavy atom. The van der Waals surface area contributed by atoms with Gasteiger partial charge in [0.05, 0.1) is 18.2 Å². The van der Waals surface area contributed by atoms with Crippen LogP contribution < -0.4 is 0 Å². The smallest absolute Gasteiger partial charge is 0.258 e. The van der Waals surface area contributed by atoms with Crippen molar-refractivity contribution in [1.29, 1.82) is 0 Å². The molecule has 2 aromatic rings. The molecule has 4 rings (SSSR count). The number of alkyl halides is 1. The number of hydrogen-bond acceptors (Lipinski definition) is 4. The second-order valence-electron chi connectivity index (χ2n) is 6.00. The van der Waals surface area contributed by atoms with Crippen molar-refractivity contribution in [3.8, 4) is 0 Å². The van der Waals surface area contributed by atoms with E-state index < -0.39 is 0 Å². The molecule has 1 saturated carbocycles. The molecule has 0 N–H and O–H groups in total. The summed E-state index contributed by atoms with van der Waals surface area (Å²) in [6.07, 6.45) is 8.21. The fourth-order valence-electron chi connectivity index (χ4n) is 3.55. The van der Waals surface area contributed by atoms with Crippen molar-refractivity contribution >= 4 is 29.3 Å². The highest BCUT2D eigenvalue weighted by atomic mass is 35.5. The van der Waals surface area contributed by atoms with E-state index in [0.717, 1.165) is 42.1 Å². The average molecular weight is 345 g/mol. The van der Waals surface area contributed by atoms with Crippen LogP contribution in [0, 0.1) is 5.92 Å². The number of allylic oxidation sites excluding steroid dienone is 1. The van der Waals surface area contributed by atoms with Gasteiger partial charge in [0.25, 0.3) is 5.91 Å². The molecule has 5 nitrogen and oxygen atoms in total. The van der Waals surface area contributed by atoms with Gasteiger partial charge in [-0.15, -0.1) is 11.6 Å². The number of furan rings is 2. The number of carbonyl (C=O) groups excluding carboxylic acids is 1. The molecule has 1 fully saturated rings. The van der Waals surface area contributed by atoms with Crippen molar-refractivity contribution in [3.63, 3.8) is 0 Å². The summed E-state index contributed by atoms with van der Waals surface area (Å²) < 4.78 is 11.0. The van der Waals surface area contributed by atoms with Crippen molar-refractivity contribution in [2.75, 3.05) is 5.88 Å². The minimum absolute atomic E-state index is 0.0993. The topological polar surface area (TPSA) is 59.0 Å². The molecule has 0 spiro atoms. The lowest BCUT2D eigenvalue weighted by Crippen LogP contribution is -2.32. The minimum atomic E-state index is -0.221. The summed E-state index contributed by atoms with van der Waals surface area (Å²) >= 11 is 5.79. The second kappa shape index (κ2) is 6.32. The van der Waals surface area contributed by atoms with E-state index in [2.05, 4.69) is 5.10 Å². The molecule has 24 heavy (non-hydrogen) atoms. The van der Waals surface area contributed by atoms with Crippen molar-refractivity contribution in [3.05, 3.63) is 53.9 Å². The zero-order chi connectivity index (χ0) is 16.5. The highest BCUT2D eigenvalue weighted by Gasteiger charge is 2.44. The Morgan fingerprint density at radius 2 is 2.17 bits per heavy atom. The number of hydrazone groups is 1. The minimum Gasteiger partial charge on any atom is -0.467 e. The van der Waals surface area contributed by atoms with Gasteiger partial charge in [-0.2, -0.15) is 5.10 Å². The van der Waals surface area contributed by atoms with E-state index in [4.69, 9.17) is 20.4 Å². The molecule has 124 valence electrons. The quantitative estimate of drug-likeness (QED) is 0.783. The van der Waals surface area contributed by atoms with Crippen LogP contribution in [-0.4, -0.2) is 22.5 Å². The van der Waals surface area contributed by atoms with Crippen molar-refractivity contribution in [2.45, 2.75) is 25.3 Å². The molecular formula is C18H17ClN2O3. The third kappa shape index (κ3) is 2.59.